The van der Waals surface area contributed by atoms with Gasteiger partial charge in [0.2, 0.25) is 0 Å². The molecule has 5 heteroatoms. The molecule has 1 amide bonds. The summed E-state index contributed by atoms with van der Waals surface area (Å²) in [6.45, 7) is 1.66. The molecule has 0 aliphatic rings. The number of benzene rings is 2. The predicted octanol–water partition coefficient (Wildman–Crippen LogP) is 3.51. The molecule has 1 atom stereocenters. The highest BCUT2D eigenvalue weighted by atomic mass is 127. The van der Waals surface area contributed by atoms with Gasteiger partial charge in [-0.15, -0.1) is 0 Å². The van der Waals surface area contributed by atoms with Crippen molar-refractivity contribution >= 4 is 40.5 Å². The standard InChI is InChI=1S/C16H14INO3/c1-11(21-15-7-2-4-12(8-15)10-19)16(20)18-14-6-3-5-13(17)9-14/h2-11H,1H3,(H,18,20). The molecule has 0 fully saturated rings. The molecule has 2 aromatic rings. The smallest absolute Gasteiger partial charge is 0.265 e. The quantitative estimate of drug-likeness (QED) is 0.623. The predicted molar refractivity (Wildman–Crippen MR) is 89.7 cm³/mol. The van der Waals surface area contributed by atoms with Gasteiger partial charge in [0.05, 0.1) is 0 Å². The van der Waals surface area contributed by atoms with E-state index < -0.39 is 6.10 Å². The Bertz CT molecular complexity index is 657. The zero-order valence-corrected chi connectivity index (χ0v) is 13.5. The molecule has 0 radical (unpaired) electrons. The van der Waals surface area contributed by atoms with Crippen LogP contribution in [-0.4, -0.2) is 18.3 Å². The number of aldehydes is 1. The van der Waals surface area contributed by atoms with Crippen LogP contribution in [0.25, 0.3) is 0 Å². The first-order chi connectivity index (χ1) is 10.1. The van der Waals surface area contributed by atoms with E-state index >= 15 is 0 Å². The van der Waals surface area contributed by atoms with Crippen LogP contribution in [0.1, 0.15) is 17.3 Å². The first kappa shape index (κ1) is 15.5. The van der Waals surface area contributed by atoms with Crippen molar-refractivity contribution < 1.29 is 14.3 Å². The highest BCUT2D eigenvalue weighted by Crippen LogP contribution is 2.16. The van der Waals surface area contributed by atoms with Crippen molar-refractivity contribution in [1.82, 2.24) is 0 Å². The number of halogens is 1. The number of nitrogens with one attached hydrogen (secondary N) is 1. The summed E-state index contributed by atoms with van der Waals surface area (Å²) >= 11 is 2.18. The third kappa shape index (κ3) is 4.56. The van der Waals surface area contributed by atoms with Crippen molar-refractivity contribution in [2.45, 2.75) is 13.0 Å². The Balaban J connectivity index is 2.00. The SMILES string of the molecule is CC(Oc1cccc(C=O)c1)C(=O)Nc1cccc(I)c1. The Morgan fingerprint density at radius 1 is 1.24 bits per heavy atom. The number of carbonyl (C=O) groups excluding carboxylic acids is 2. The molecule has 0 aromatic heterocycles. The number of amides is 1. The number of anilines is 1. The van der Waals surface area contributed by atoms with Crippen molar-refractivity contribution in [2.24, 2.45) is 0 Å². The molecule has 0 saturated heterocycles. The normalized spacial score (nSPS) is 11.5. The number of hydrogen-bond acceptors (Lipinski definition) is 3. The van der Waals surface area contributed by atoms with E-state index in [0.717, 1.165) is 15.5 Å². The molecule has 0 aliphatic carbocycles. The van der Waals surface area contributed by atoms with Crippen molar-refractivity contribution in [2.75, 3.05) is 5.32 Å². The van der Waals surface area contributed by atoms with Crippen LogP contribution in [0.3, 0.4) is 0 Å². The summed E-state index contributed by atoms with van der Waals surface area (Å²) in [5.41, 5.74) is 1.24. The fourth-order valence-electron chi connectivity index (χ4n) is 1.73. The van der Waals surface area contributed by atoms with Gasteiger partial charge in [-0.1, -0.05) is 18.2 Å². The first-order valence-electron chi connectivity index (χ1n) is 6.37. The largest absolute Gasteiger partial charge is 0.481 e. The minimum absolute atomic E-state index is 0.242. The molecular formula is C16H14INO3. The Morgan fingerprint density at radius 2 is 2.00 bits per heavy atom. The molecule has 4 nitrogen and oxygen atoms in total. The molecule has 2 aromatic carbocycles. The molecule has 0 bridgehead atoms. The lowest BCUT2D eigenvalue weighted by atomic mass is 10.2. The zero-order chi connectivity index (χ0) is 15.2. The number of hydrogen-bond donors (Lipinski definition) is 1. The topological polar surface area (TPSA) is 55.4 Å². The maximum absolute atomic E-state index is 12.1. The third-order valence-corrected chi connectivity index (χ3v) is 3.44. The van der Waals surface area contributed by atoms with Gasteiger partial charge in [-0.25, -0.2) is 0 Å². The van der Waals surface area contributed by atoms with E-state index in [1.807, 2.05) is 24.3 Å². The molecular weight excluding hydrogens is 381 g/mol. The summed E-state index contributed by atoms with van der Waals surface area (Å²) in [6.07, 6.45) is 0.0773. The molecule has 0 heterocycles. The van der Waals surface area contributed by atoms with Gasteiger partial charge in [-0.05, 0) is 59.8 Å². The molecule has 1 N–H and O–H groups in total. The van der Waals surface area contributed by atoms with E-state index in [9.17, 15) is 9.59 Å². The van der Waals surface area contributed by atoms with Crippen LogP contribution in [-0.2, 0) is 4.79 Å². The monoisotopic (exact) mass is 395 g/mol. The lowest BCUT2D eigenvalue weighted by molar-refractivity contribution is -0.122. The summed E-state index contributed by atoms with van der Waals surface area (Å²) in [6, 6.07) is 14.2. The molecule has 1 unspecified atom stereocenters. The van der Waals surface area contributed by atoms with Gasteiger partial charge in [0.1, 0.15) is 12.0 Å². The molecule has 108 valence electrons. The summed E-state index contributed by atoms with van der Waals surface area (Å²) < 4.78 is 6.59. The maximum atomic E-state index is 12.1. The lowest BCUT2D eigenvalue weighted by Crippen LogP contribution is -2.30. The van der Waals surface area contributed by atoms with Crippen molar-refractivity contribution in [3.8, 4) is 5.75 Å². The van der Waals surface area contributed by atoms with Gasteiger partial charge in [0.25, 0.3) is 5.91 Å². The second-order valence-corrected chi connectivity index (χ2v) is 5.70. The molecule has 0 spiro atoms. The summed E-state index contributed by atoms with van der Waals surface area (Å²) in [4.78, 5) is 22.8. The maximum Gasteiger partial charge on any atom is 0.265 e. The third-order valence-electron chi connectivity index (χ3n) is 2.77. The Morgan fingerprint density at radius 3 is 2.71 bits per heavy atom. The molecule has 2 rings (SSSR count). The van der Waals surface area contributed by atoms with Gasteiger partial charge in [0.15, 0.2) is 6.10 Å². The first-order valence-corrected chi connectivity index (χ1v) is 7.44. The van der Waals surface area contributed by atoms with Crippen LogP contribution in [0.4, 0.5) is 5.69 Å². The van der Waals surface area contributed by atoms with Crippen molar-refractivity contribution in [1.29, 1.82) is 0 Å². The average molecular weight is 395 g/mol. The molecule has 0 aliphatic heterocycles. The van der Waals surface area contributed by atoms with Gasteiger partial charge >= 0.3 is 0 Å². The second kappa shape index (κ2) is 7.21. The number of carbonyl (C=O) groups is 2. The number of ether oxygens (including phenoxy) is 1. The minimum Gasteiger partial charge on any atom is -0.481 e. The van der Waals surface area contributed by atoms with E-state index in [-0.39, 0.29) is 5.91 Å². The minimum atomic E-state index is -0.662. The Hall–Kier alpha value is -1.89. The van der Waals surface area contributed by atoms with Crippen molar-refractivity contribution in [3.05, 3.63) is 57.7 Å². The van der Waals surface area contributed by atoms with Gasteiger partial charge in [-0.3, -0.25) is 9.59 Å². The lowest BCUT2D eigenvalue weighted by Gasteiger charge is -2.15. The highest BCUT2D eigenvalue weighted by Gasteiger charge is 2.15. The fraction of sp³-hybridized carbons (Fsp3) is 0.125. The molecule has 0 saturated carbocycles. The van der Waals surface area contributed by atoms with Crippen LogP contribution in [0.2, 0.25) is 0 Å². The Kier molecular flexibility index (Phi) is 5.32. The van der Waals surface area contributed by atoms with Gasteiger partial charge in [0, 0.05) is 14.8 Å². The van der Waals surface area contributed by atoms with Gasteiger partial charge in [-0.2, -0.15) is 0 Å². The van der Waals surface area contributed by atoms with E-state index in [2.05, 4.69) is 27.9 Å². The second-order valence-electron chi connectivity index (χ2n) is 4.45. The summed E-state index contributed by atoms with van der Waals surface area (Å²) in [5, 5.41) is 2.79. The van der Waals surface area contributed by atoms with E-state index in [1.165, 1.54) is 0 Å². The molecule has 21 heavy (non-hydrogen) atoms. The van der Waals surface area contributed by atoms with Crippen LogP contribution < -0.4 is 10.1 Å². The van der Waals surface area contributed by atoms with E-state index in [0.29, 0.717) is 11.3 Å². The van der Waals surface area contributed by atoms with Crippen LogP contribution >= 0.6 is 22.6 Å². The summed E-state index contributed by atoms with van der Waals surface area (Å²) in [7, 11) is 0. The zero-order valence-electron chi connectivity index (χ0n) is 11.4. The average Bonchev–Trinajstić information content (AvgIpc) is 2.47. The van der Waals surface area contributed by atoms with Crippen LogP contribution in [0, 0.1) is 3.57 Å². The van der Waals surface area contributed by atoms with E-state index in [4.69, 9.17) is 4.74 Å². The van der Waals surface area contributed by atoms with Crippen LogP contribution in [0.15, 0.2) is 48.5 Å². The van der Waals surface area contributed by atoms with Gasteiger partial charge < -0.3 is 10.1 Å². The van der Waals surface area contributed by atoms with Crippen LogP contribution in [0.5, 0.6) is 5.75 Å². The summed E-state index contributed by atoms with van der Waals surface area (Å²) in [5.74, 6) is 0.249. The van der Waals surface area contributed by atoms with E-state index in [1.54, 1.807) is 31.2 Å². The number of rotatable bonds is 5. The Labute approximate surface area is 136 Å². The highest BCUT2D eigenvalue weighted by molar-refractivity contribution is 14.1. The fourth-order valence-corrected chi connectivity index (χ4v) is 2.27. The van der Waals surface area contributed by atoms with Crippen molar-refractivity contribution in [3.63, 3.8) is 0 Å².